The van der Waals surface area contributed by atoms with Gasteiger partial charge in [0.05, 0.1) is 13.0 Å². The molecule has 0 unspecified atom stereocenters. The maximum absolute atomic E-state index is 13.5. The van der Waals surface area contributed by atoms with Crippen molar-refractivity contribution in [3.63, 3.8) is 0 Å². The first kappa shape index (κ1) is 21.8. The number of nitrogens with zero attached hydrogens (tertiary/aromatic N) is 1. The van der Waals surface area contributed by atoms with Gasteiger partial charge in [-0.1, -0.05) is 12.1 Å². The molecule has 1 heterocycles. The normalized spacial score (nSPS) is 13.2. The number of hydrogen-bond donors (Lipinski definition) is 2. The predicted molar refractivity (Wildman–Crippen MR) is 114 cm³/mol. The standard InChI is InChI=1S/C23H27FN2O4/c1-26(2)11-10-25-14-17-15-30-21-8-7-19(29-12-9-22(27)28)13-20(21)23(17)16-3-5-18(24)6-4-16/h3-8,13,25H,9-12,14-15H2,1-2H3,(H,27,28). The largest absolute Gasteiger partial charge is 0.493 e. The Labute approximate surface area is 175 Å². The third-order valence-corrected chi connectivity index (χ3v) is 4.77. The van der Waals surface area contributed by atoms with Crippen LogP contribution in [0, 0.1) is 5.82 Å². The highest BCUT2D eigenvalue weighted by Gasteiger charge is 2.22. The molecular formula is C23H27FN2O4. The summed E-state index contributed by atoms with van der Waals surface area (Å²) in [6.45, 7) is 2.91. The minimum atomic E-state index is -0.908. The molecule has 0 amide bonds. The van der Waals surface area contributed by atoms with Gasteiger partial charge in [-0.2, -0.15) is 0 Å². The Kier molecular flexibility index (Phi) is 7.43. The fourth-order valence-corrected chi connectivity index (χ4v) is 3.26. The Morgan fingerprint density at radius 1 is 1.23 bits per heavy atom. The van der Waals surface area contributed by atoms with Crippen LogP contribution in [-0.2, 0) is 4.79 Å². The Balaban J connectivity index is 1.91. The molecule has 0 aliphatic carbocycles. The first-order valence-electron chi connectivity index (χ1n) is 9.89. The van der Waals surface area contributed by atoms with E-state index in [2.05, 4.69) is 10.2 Å². The van der Waals surface area contributed by atoms with Gasteiger partial charge in [0, 0.05) is 25.2 Å². The van der Waals surface area contributed by atoms with Gasteiger partial charge in [0.1, 0.15) is 23.9 Å². The van der Waals surface area contributed by atoms with Crippen molar-refractivity contribution >= 4 is 11.5 Å². The highest BCUT2D eigenvalue weighted by atomic mass is 19.1. The van der Waals surface area contributed by atoms with Crippen LogP contribution >= 0.6 is 0 Å². The molecule has 6 nitrogen and oxygen atoms in total. The van der Waals surface area contributed by atoms with Gasteiger partial charge in [0.15, 0.2) is 0 Å². The SMILES string of the molecule is CN(C)CCNCC1=C(c2ccc(F)cc2)c2cc(OCCC(=O)O)ccc2OC1. The Morgan fingerprint density at radius 2 is 2.00 bits per heavy atom. The van der Waals surface area contributed by atoms with Crippen LogP contribution in [-0.4, -0.2) is 62.9 Å². The average Bonchev–Trinajstić information content (AvgIpc) is 2.71. The van der Waals surface area contributed by atoms with Crippen LogP contribution in [0.15, 0.2) is 48.0 Å². The molecule has 0 spiro atoms. The Bertz CT molecular complexity index is 910. The van der Waals surface area contributed by atoms with Crippen molar-refractivity contribution < 1.29 is 23.8 Å². The smallest absolute Gasteiger partial charge is 0.306 e. The Morgan fingerprint density at radius 3 is 2.70 bits per heavy atom. The lowest BCUT2D eigenvalue weighted by Crippen LogP contribution is -2.30. The molecule has 2 aromatic rings. The summed E-state index contributed by atoms with van der Waals surface area (Å²) in [4.78, 5) is 12.9. The van der Waals surface area contributed by atoms with Gasteiger partial charge in [-0.3, -0.25) is 4.79 Å². The molecule has 0 saturated carbocycles. The number of rotatable bonds is 10. The van der Waals surface area contributed by atoms with Crippen molar-refractivity contribution in [1.29, 1.82) is 0 Å². The van der Waals surface area contributed by atoms with Crippen LogP contribution in [0.4, 0.5) is 4.39 Å². The number of nitrogens with one attached hydrogen (secondary N) is 1. The van der Waals surface area contributed by atoms with Crippen LogP contribution in [0.1, 0.15) is 17.5 Å². The summed E-state index contributed by atoms with van der Waals surface area (Å²) >= 11 is 0. The highest BCUT2D eigenvalue weighted by molar-refractivity contribution is 5.87. The van der Waals surface area contributed by atoms with E-state index in [1.807, 2.05) is 26.2 Å². The first-order valence-corrected chi connectivity index (χ1v) is 9.89. The summed E-state index contributed by atoms with van der Waals surface area (Å²) in [7, 11) is 4.05. The molecule has 0 radical (unpaired) electrons. The molecule has 0 fully saturated rings. The fraction of sp³-hybridized carbons (Fsp3) is 0.348. The molecule has 1 aliphatic rings. The van der Waals surface area contributed by atoms with E-state index in [-0.39, 0.29) is 18.8 Å². The van der Waals surface area contributed by atoms with Crippen LogP contribution in [0.2, 0.25) is 0 Å². The van der Waals surface area contributed by atoms with Gasteiger partial charge in [-0.15, -0.1) is 0 Å². The lowest BCUT2D eigenvalue weighted by atomic mass is 9.90. The molecule has 160 valence electrons. The molecule has 30 heavy (non-hydrogen) atoms. The third kappa shape index (κ3) is 5.81. The zero-order valence-corrected chi connectivity index (χ0v) is 17.3. The quantitative estimate of drug-likeness (QED) is 0.583. The van der Waals surface area contributed by atoms with Crippen LogP contribution in [0.3, 0.4) is 0 Å². The van der Waals surface area contributed by atoms with Crippen LogP contribution in [0.5, 0.6) is 11.5 Å². The topological polar surface area (TPSA) is 71.0 Å². The van der Waals surface area contributed by atoms with Gasteiger partial charge in [0.2, 0.25) is 0 Å². The average molecular weight is 414 g/mol. The molecule has 3 rings (SSSR count). The second kappa shape index (κ2) is 10.2. The van der Waals surface area contributed by atoms with Crippen molar-refractivity contribution in [2.75, 3.05) is 46.9 Å². The van der Waals surface area contributed by atoms with Gasteiger partial charge < -0.3 is 24.8 Å². The van der Waals surface area contributed by atoms with E-state index in [9.17, 15) is 9.18 Å². The second-order valence-corrected chi connectivity index (χ2v) is 7.40. The number of ether oxygens (including phenoxy) is 2. The number of hydrogen-bond acceptors (Lipinski definition) is 5. The van der Waals surface area contributed by atoms with Crippen molar-refractivity contribution in [3.05, 3.63) is 65.0 Å². The molecule has 2 aromatic carbocycles. The predicted octanol–water partition coefficient (Wildman–Crippen LogP) is 3.02. The molecule has 0 aromatic heterocycles. The van der Waals surface area contributed by atoms with Crippen molar-refractivity contribution in [2.24, 2.45) is 0 Å². The minimum absolute atomic E-state index is 0.0741. The number of halogens is 1. The number of aliphatic carboxylic acids is 1. The van der Waals surface area contributed by atoms with E-state index in [1.165, 1.54) is 12.1 Å². The molecule has 7 heteroatoms. The fourth-order valence-electron chi connectivity index (χ4n) is 3.26. The van der Waals surface area contributed by atoms with E-state index >= 15 is 0 Å². The minimum Gasteiger partial charge on any atom is -0.493 e. The number of carboxylic acids is 1. The van der Waals surface area contributed by atoms with Crippen LogP contribution in [0.25, 0.3) is 5.57 Å². The molecule has 1 aliphatic heterocycles. The first-order chi connectivity index (χ1) is 14.4. The lowest BCUT2D eigenvalue weighted by Gasteiger charge is -2.26. The number of fused-ring (bicyclic) bond motifs is 1. The molecule has 0 atom stereocenters. The molecule has 2 N–H and O–H groups in total. The zero-order chi connectivity index (χ0) is 21.5. The van der Waals surface area contributed by atoms with Crippen LogP contribution < -0.4 is 14.8 Å². The maximum atomic E-state index is 13.5. The molecule has 0 bridgehead atoms. The number of likely N-dealkylation sites (N-methyl/N-ethyl adjacent to an activating group) is 1. The number of benzene rings is 2. The monoisotopic (exact) mass is 414 g/mol. The maximum Gasteiger partial charge on any atom is 0.306 e. The summed E-state index contributed by atoms with van der Waals surface area (Å²) in [6.07, 6.45) is -0.0741. The van der Waals surface area contributed by atoms with E-state index in [0.717, 1.165) is 41.1 Å². The number of carbonyl (C=O) groups is 1. The molecular weight excluding hydrogens is 387 g/mol. The highest BCUT2D eigenvalue weighted by Crippen LogP contribution is 2.39. The van der Waals surface area contributed by atoms with Gasteiger partial charge >= 0.3 is 5.97 Å². The Hall–Kier alpha value is -2.90. The van der Waals surface area contributed by atoms with E-state index in [1.54, 1.807) is 18.2 Å². The second-order valence-electron chi connectivity index (χ2n) is 7.40. The van der Waals surface area contributed by atoms with E-state index in [0.29, 0.717) is 18.9 Å². The van der Waals surface area contributed by atoms with E-state index < -0.39 is 5.97 Å². The van der Waals surface area contributed by atoms with Gasteiger partial charge in [0.25, 0.3) is 0 Å². The third-order valence-electron chi connectivity index (χ3n) is 4.77. The number of carboxylic acid groups (broad SMARTS) is 1. The summed E-state index contributed by atoms with van der Waals surface area (Å²) in [5.74, 6) is 0.0919. The summed E-state index contributed by atoms with van der Waals surface area (Å²) in [6, 6.07) is 11.9. The lowest BCUT2D eigenvalue weighted by molar-refractivity contribution is -0.137. The zero-order valence-electron chi connectivity index (χ0n) is 17.3. The summed E-state index contributed by atoms with van der Waals surface area (Å²) < 4.78 is 25.1. The van der Waals surface area contributed by atoms with Crippen molar-refractivity contribution in [3.8, 4) is 11.5 Å². The van der Waals surface area contributed by atoms with Gasteiger partial charge in [-0.25, -0.2) is 4.39 Å². The van der Waals surface area contributed by atoms with Crippen molar-refractivity contribution in [1.82, 2.24) is 10.2 Å². The van der Waals surface area contributed by atoms with E-state index in [4.69, 9.17) is 14.6 Å². The summed E-state index contributed by atoms with van der Waals surface area (Å²) in [5, 5.41) is 12.3. The summed E-state index contributed by atoms with van der Waals surface area (Å²) in [5.41, 5.74) is 3.80. The van der Waals surface area contributed by atoms with Gasteiger partial charge in [-0.05, 0) is 61.1 Å². The molecule has 0 saturated heterocycles. The van der Waals surface area contributed by atoms with Crippen molar-refractivity contribution in [2.45, 2.75) is 6.42 Å².